The van der Waals surface area contributed by atoms with Crippen molar-refractivity contribution in [2.75, 3.05) is 26.0 Å². The first-order valence-electron chi connectivity index (χ1n) is 10.3. The third-order valence-electron chi connectivity index (χ3n) is 5.76. The average molecular weight is 413 g/mol. The molecule has 1 fully saturated rings. The highest BCUT2D eigenvalue weighted by Gasteiger charge is 2.22. The number of piperidine rings is 1. The van der Waals surface area contributed by atoms with E-state index < -0.39 is 9.84 Å². The summed E-state index contributed by atoms with van der Waals surface area (Å²) in [6.45, 7) is 4.83. The van der Waals surface area contributed by atoms with Crippen molar-refractivity contribution >= 4 is 20.6 Å². The average Bonchev–Trinajstić information content (AvgIpc) is 3.21. The third kappa shape index (κ3) is 3.91. The van der Waals surface area contributed by atoms with E-state index in [2.05, 4.69) is 16.0 Å². The van der Waals surface area contributed by atoms with E-state index in [4.69, 9.17) is 4.74 Å². The fraction of sp³-hybridized carbons (Fsp3) is 0.391. The van der Waals surface area contributed by atoms with Crippen molar-refractivity contribution in [2.24, 2.45) is 0 Å². The van der Waals surface area contributed by atoms with Gasteiger partial charge in [0.15, 0.2) is 9.84 Å². The van der Waals surface area contributed by atoms with Crippen LogP contribution in [0.2, 0.25) is 0 Å². The Bertz CT molecular complexity index is 1110. The summed E-state index contributed by atoms with van der Waals surface area (Å²) < 4.78 is 31.4. The summed E-state index contributed by atoms with van der Waals surface area (Å²) in [4.78, 5) is 6.32. The Morgan fingerprint density at radius 2 is 1.76 bits per heavy atom. The topological polar surface area (TPSA) is 62.4 Å². The van der Waals surface area contributed by atoms with Crippen LogP contribution in [0.15, 0.2) is 47.4 Å². The molecule has 0 radical (unpaired) electrons. The smallest absolute Gasteiger partial charge is 0.178 e. The van der Waals surface area contributed by atoms with Crippen LogP contribution in [-0.4, -0.2) is 44.3 Å². The van der Waals surface area contributed by atoms with Crippen LogP contribution in [0.5, 0.6) is 5.75 Å². The van der Waals surface area contributed by atoms with E-state index in [-0.39, 0.29) is 5.75 Å². The van der Waals surface area contributed by atoms with Gasteiger partial charge in [-0.2, -0.15) is 0 Å². The molecule has 0 atom stereocenters. The molecule has 29 heavy (non-hydrogen) atoms. The second-order valence-electron chi connectivity index (χ2n) is 7.64. The molecule has 0 spiro atoms. The molecule has 0 bridgehead atoms. The lowest BCUT2D eigenvalue weighted by Crippen LogP contribution is -2.29. The number of likely N-dealkylation sites (tertiary alicyclic amines) is 1. The summed E-state index contributed by atoms with van der Waals surface area (Å²) in [6, 6.07) is 13.4. The molecular weight excluding hydrogens is 384 g/mol. The van der Waals surface area contributed by atoms with Crippen LogP contribution in [0.1, 0.15) is 31.9 Å². The molecule has 4 rings (SSSR count). The molecule has 154 valence electrons. The Morgan fingerprint density at radius 3 is 2.45 bits per heavy atom. The lowest BCUT2D eigenvalue weighted by molar-refractivity contribution is 0.219. The molecule has 1 aromatic heterocycles. The number of hydrogen-bond donors (Lipinski definition) is 1. The minimum atomic E-state index is -3.37. The normalized spacial score (nSPS) is 15.7. The molecule has 2 aromatic carbocycles. The van der Waals surface area contributed by atoms with Gasteiger partial charge in [0.25, 0.3) is 0 Å². The van der Waals surface area contributed by atoms with Gasteiger partial charge in [0, 0.05) is 34.3 Å². The number of ether oxygens (including phenoxy) is 1. The fourth-order valence-electron chi connectivity index (χ4n) is 4.20. The van der Waals surface area contributed by atoms with Crippen molar-refractivity contribution in [3.63, 3.8) is 0 Å². The maximum absolute atomic E-state index is 12.8. The van der Waals surface area contributed by atoms with Gasteiger partial charge in [-0.25, -0.2) is 8.42 Å². The van der Waals surface area contributed by atoms with Crippen LogP contribution in [0.3, 0.4) is 0 Å². The van der Waals surface area contributed by atoms with Gasteiger partial charge in [0.2, 0.25) is 0 Å². The van der Waals surface area contributed by atoms with Crippen LogP contribution < -0.4 is 4.74 Å². The molecule has 0 saturated carbocycles. The van der Waals surface area contributed by atoms with Crippen molar-refractivity contribution in [1.29, 1.82) is 0 Å². The van der Waals surface area contributed by atoms with Crippen molar-refractivity contribution < 1.29 is 13.2 Å². The van der Waals surface area contributed by atoms with Gasteiger partial charge in [-0.15, -0.1) is 0 Å². The van der Waals surface area contributed by atoms with Crippen LogP contribution in [0, 0.1) is 0 Å². The number of benzene rings is 2. The van der Waals surface area contributed by atoms with Crippen LogP contribution >= 0.6 is 0 Å². The standard InChI is InChI=1S/C23H28N2O3S/c1-3-29(26,27)22-15-20(23(28-2)19-10-6-5-9-18(19)22)21-12-11-17(24-21)16-25-13-7-4-8-14-25/h5-6,9-12,15,24H,3-4,7-8,13-14,16H2,1-2H3. The number of nitrogens with zero attached hydrogens (tertiary/aromatic N) is 1. The lowest BCUT2D eigenvalue weighted by atomic mass is 10.0. The summed E-state index contributed by atoms with van der Waals surface area (Å²) in [5, 5.41) is 1.52. The van der Waals surface area contributed by atoms with E-state index >= 15 is 0 Å². The largest absolute Gasteiger partial charge is 0.495 e. The number of methoxy groups -OCH3 is 1. The highest BCUT2D eigenvalue weighted by Crippen LogP contribution is 2.40. The van der Waals surface area contributed by atoms with Crippen LogP contribution in [0.4, 0.5) is 0 Å². The summed E-state index contributed by atoms with van der Waals surface area (Å²) in [7, 11) is -1.74. The highest BCUT2D eigenvalue weighted by molar-refractivity contribution is 7.91. The van der Waals surface area contributed by atoms with E-state index in [0.717, 1.165) is 42.0 Å². The Hall–Kier alpha value is -2.31. The fourth-order valence-corrected chi connectivity index (χ4v) is 5.32. The predicted octanol–water partition coefficient (Wildman–Crippen LogP) is 4.62. The van der Waals surface area contributed by atoms with E-state index in [1.165, 1.54) is 19.3 Å². The maximum atomic E-state index is 12.8. The summed E-state index contributed by atoms with van der Waals surface area (Å²) >= 11 is 0. The van der Waals surface area contributed by atoms with Gasteiger partial charge in [-0.3, -0.25) is 4.90 Å². The van der Waals surface area contributed by atoms with Crippen molar-refractivity contribution in [3.8, 4) is 17.0 Å². The predicted molar refractivity (Wildman–Crippen MR) is 117 cm³/mol. The summed E-state index contributed by atoms with van der Waals surface area (Å²) in [5.74, 6) is 0.760. The van der Waals surface area contributed by atoms with E-state index in [0.29, 0.717) is 16.0 Å². The van der Waals surface area contributed by atoms with Crippen molar-refractivity contribution in [1.82, 2.24) is 9.88 Å². The molecule has 1 aliphatic rings. The molecule has 1 N–H and O–H groups in total. The first-order valence-corrected chi connectivity index (χ1v) is 11.9. The van der Waals surface area contributed by atoms with E-state index in [9.17, 15) is 8.42 Å². The number of nitrogens with one attached hydrogen (secondary N) is 1. The zero-order valence-electron chi connectivity index (χ0n) is 17.1. The van der Waals surface area contributed by atoms with Crippen molar-refractivity contribution in [2.45, 2.75) is 37.6 Å². The molecule has 3 aromatic rings. The van der Waals surface area contributed by atoms with Crippen LogP contribution in [-0.2, 0) is 16.4 Å². The maximum Gasteiger partial charge on any atom is 0.178 e. The van der Waals surface area contributed by atoms with Crippen molar-refractivity contribution in [3.05, 3.63) is 48.2 Å². The molecule has 0 unspecified atom stereocenters. The van der Waals surface area contributed by atoms with Gasteiger partial charge in [-0.1, -0.05) is 37.6 Å². The van der Waals surface area contributed by atoms with Gasteiger partial charge in [0.05, 0.1) is 17.8 Å². The molecule has 5 nitrogen and oxygen atoms in total. The molecule has 1 aliphatic heterocycles. The summed E-state index contributed by atoms with van der Waals surface area (Å²) in [5.41, 5.74) is 2.80. The Kier molecular flexibility index (Phi) is 5.65. The van der Waals surface area contributed by atoms with Gasteiger partial charge < -0.3 is 9.72 Å². The molecule has 6 heteroatoms. The Labute approximate surface area is 172 Å². The minimum absolute atomic E-state index is 0.0632. The quantitative estimate of drug-likeness (QED) is 0.642. The number of fused-ring (bicyclic) bond motifs is 1. The number of aromatic amines is 1. The molecule has 1 saturated heterocycles. The zero-order chi connectivity index (χ0) is 20.4. The number of H-pyrrole nitrogens is 1. The highest BCUT2D eigenvalue weighted by atomic mass is 32.2. The minimum Gasteiger partial charge on any atom is -0.495 e. The van der Waals surface area contributed by atoms with Gasteiger partial charge in [-0.05, 0) is 44.1 Å². The first kappa shape index (κ1) is 20.0. The zero-order valence-corrected chi connectivity index (χ0v) is 17.9. The SMILES string of the molecule is CCS(=O)(=O)c1cc(-c2ccc(CN3CCCCC3)[nH]2)c(OC)c2ccccc12. The van der Waals surface area contributed by atoms with E-state index in [1.54, 1.807) is 20.1 Å². The second-order valence-corrected chi connectivity index (χ2v) is 9.89. The monoisotopic (exact) mass is 412 g/mol. The molecule has 0 aliphatic carbocycles. The van der Waals surface area contributed by atoms with Gasteiger partial charge in [0.1, 0.15) is 5.75 Å². The second kappa shape index (κ2) is 8.20. The van der Waals surface area contributed by atoms with E-state index in [1.807, 2.05) is 30.3 Å². The first-order chi connectivity index (χ1) is 14.0. The molecule has 0 amide bonds. The lowest BCUT2D eigenvalue weighted by Gasteiger charge is -2.25. The van der Waals surface area contributed by atoms with Crippen LogP contribution in [0.25, 0.3) is 22.0 Å². The molecular formula is C23H28N2O3S. The molecule has 2 heterocycles. The Balaban J connectivity index is 1.81. The Morgan fingerprint density at radius 1 is 1.03 bits per heavy atom. The number of hydrogen-bond acceptors (Lipinski definition) is 4. The third-order valence-corrected chi connectivity index (χ3v) is 7.52. The summed E-state index contributed by atoms with van der Waals surface area (Å²) in [6.07, 6.45) is 3.82. The number of rotatable bonds is 6. The number of sulfone groups is 1. The van der Waals surface area contributed by atoms with Gasteiger partial charge >= 0.3 is 0 Å². The number of aromatic nitrogens is 1.